The average molecular weight is 241 g/mol. The number of rotatable bonds is 4. The van der Waals surface area contributed by atoms with Gasteiger partial charge in [0.15, 0.2) is 0 Å². The molecule has 2 rings (SSSR count). The lowest BCUT2D eigenvalue weighted by Gasteiger charge is -2.06. The Labute approximate surface area is 95.7 Å². The van der Waals surface area contributed by atoms with Crippen molar-refractivity contribution in [3.05, 3.63) is 23.8 Å². The summed E-state index contributed by atoms with van der Waals surface area (Å²) in [5, 5.41) is 0. The quantitative estimate of drug-likeness (QED) is 0.864. The van der Waals surface area contributed by atoms with Gasteiger partial charge >= 0.3 is 0 Å². The van der Waals surface area contributed by atoms with Crippen LogP contribution < -0.4 is 9.46 Å². The second kappa shape index (κ2) is 4.43. The molecule has 1 aliphatic rings. The van der Waals surface area contributed by atoms with Crippen LogP contribution in [0.5, 0.6) is 5.75 Å². The highest BCUT2D eigenvalue weighted by atomic mass is 32.2. The van der Waals surface area contributed by atoms with E-state index in [4.69, 9.17) is 4.74 Å². The highest BCUT2D eigenvalue weighted by Crippen LogP contribution is 2.27. The van der Waals surface area contributed by atoms with E-state index in [-0.39, 0.29) is 0 Å². The predicted molar refractivity (Wildman–Crippen MR) is 61.1 cm³/mol. The Balaban J connectivity index is 2.27. The smallest absolute Gasteiger partial charge is 0.240 e. The standard InChI is InChI=1S/C11H15NO3S/c1-2-6-12-16(13,14)10-3-4-11-9(8-10)5-7-15-11/h3-4,8,12H,2,5-7H2,1H3. The van der Waals surface area contributed by atoms with Crippen molar-refractivity contribution in [2.45, 2.75) is 24.7 Å². The van der Waals surface area contributed by atoms with Crippen LogP contribution in [0.4, 0.5) is 0 Å². The topological polar surface area (TPSA) is 55.4 Å². The molecular formula is C11H15NO3S. The fourth-order valence-electron chi connectivity index (χ4n) is 1.65. The highest BCUT2D eigenvalue weighted by molar-refractivity contribution is 7.89. The van der Waals surface area contributed by atoms with Gasteiger partial charge in [0.05, 0.1) is 11.5 Å². The SMILES string of the molecule is CCCNS(=O)(=O)c1ccc2c(c1)CCO2. The molecule has 4 nitrogen and oxygen atoms in total. The minimum absolute atomic E-state index is 0.324. The van der Waals surface area contributed by atoms with Gasteiger partial charge in [-0.1, -0.05) is 6.92 Å². The molecule has 0 aliphatic carbocycles. The van der Waals surface area contributed by atoms with Crippen LogP contribution in [-0.2, 0) is 16.4 Å². The van der Waals surface area contributed by atoms with Crippen molar-refractivity contribution in [1.29, 1.82) is 0 Å². The van der Waals surface area contributed by atoms with Gasteiger partial charge in [0.25, 0.3) is 0 Å². The Kier molecular flexibility index (Phi) is 3.16. The number of fused-ring (bicyclic) bond motifs is 1. The third-order valence-corrected chi connectivity index (χ3v) is 3.97. The molecule has 0 saturated carbocycles. The number of benzene rings is 1. The van der Waals surface area contributed by atoms with Gasteiger partial charge in [-0.25, -0.2) is 13.1 Å². The molecule has 88 valence electrons. The fraction of sp³-hybridized carbons (Fsp3) is 0.455. The fourth-order valence-corrected chi connectivity index (χ4v) is 2.83. The first kappa shape index (κ1) is 11.4. The Morgan fingerprint density at radius 2 is 2.25 bits per heavy atom. The lowest BCUT2D eigenvalue weighted by atomic mass is 10.2. The monoisotopic (exact) mass is 241 g/mol. The molecule has 16 heavy (non-hydrogen) atoms. The third kappa shape index (κ3) is 2.20. The summed E-state index contributed by atoms with van der Waals surface area (Å²) in [6.07, 6.45) is 1.57. The molecule has 1 aromatic carbocycles. The molecule has 0 unspecified atom stereocenters. The van der Waals surface area contributed by atoms with E-state index in [1.54, 1.807) is 18.2 Å². The summed E-state index contributed by atoms with van der Waals surface area (Å²) in [6, 6.07) is 5.01. The van der Waals surface area contributed by atoms with Crippen LogP contribution in [0.1, 0.15) is 18.9 Å². The number of hydrogen-bond donors (Lipinski definition) is 1. The minimum Gasteiger partial charge on any atom is -0.493 e. The molecular weight excluding hydrogens is 226 g/mol. The predicted octanol–water partition coefficient (Wildman–Crippen LogP) is 1.31. The largest absolute Gasteiger partial charge is 0.493 e. The van der Waals surface area contributed by atoms with Gasteiger partial charge < -0.3 is 4.74 Å². The van der Waals surface area contributed by atoms with Crippen LogP contribution in [0.3, 0.4) is 0 Å². The Hall–Kier alpha value is -1.07. The number of hydrogen-bond acceptors (Lipinski definition) is 3. The first-order valence-electron chi connectivity index (χ1n) is 5.39. The molecule has 0 radical (unpaired) electrons. The van der Waals surface area contributed by atoms with E-state index in [2.05, 4.69) is 4.72 Å². The van der Waals surface area contributed by atoms with Gasteiger partial charge in [0, 0.05) is 13.0 Å². The van der Waals surface area contributed by atoms with Crippen LogP contribution in [0, 0.1) is 0 Å². The zero-order valence-corrected chi connectivity index (χ0v) is 10.0. The van der Waals surface area contributed by atoms with E-state index in [1.807, 2.05) is 6.92 Å². The summed E-state index contributed by atoms with van der Waals surface area (Å²) in [5.41, 5.74) is 0.972. The normalized spacial score (nSPS) is 14.6. The maximum absolute atomic E-state index is 11.8. The first-order valence-corrected chi connectivity index (χ1v) is 6.87. The summed E-state index contributed by atoms with van der Waals surface area (Å²) in [6.45, 7) is 3.04. The molecule has 0 spiro atoms. The van der Waals surface area contributed by atoms with Gasteiger partial charge in [0.2, 0.25) is 10.0 Å². The molecule has 0 amide bonds. The maximum Gasteiger partial charge on any atom is 0.240 e. The maximum atomic E-state index is 11.8. The Bertz CT molecular complexity index is 482. The van der Waals surface area contributed by atoms with Crippen LogP contribution in [0.2, 0.25) is 0 Å². The molecule has 0 saturated heterocycles. The van der Waals surface area contributed by atoms with E-state index >= 15 is 0 Å². The summed E-state index contributed by atoms with van der Waals surface area (Å²) < 4.78 is 31.6. The van der Waals surface area contributed by atoms with Gasteiger partial charge in [0.1, 0.15) is 5.75 Å². The number of ether oxygens (including phenoxy) is 1. The third-order valence-electron chi connectivity index (χ3n) is 2.51. The van der Waals surface area contributed by atoms with Crippen molar-refractivity contribution in [3.63, 3.8) is 0 Å². The van der Waals surface area contributed by atoms with E-state index < -0.39 is 10.0 Å². The summed E-state index contributed by atoms with van der Waals surface area (Å²) in [7, 11) is -3.35. The van der Waals surface area contributed by atoms with E-state index in [9.17, 15) is 8.42 Å². The van der Waals surface area contributed by atoms with Gasteiger partial charge in [-0.15, -0.1) is 0 Å². The van der Waals surface area contributed by atoms with Gasteiger partial charge in [-0.05, 0) is 30.2 Å². The van der Waals surface area contributed by atoms with Crippen LogP contribution in [0.15, 0.2) is 23.1 Å². The molecule has 1 aliphatic heterocycles. The zero-order chi connectivity index (χ0) is 11.6. The molecule has 1 heterocycles. The van der Waals surface area contributed by atoms with Gasteiger partial charge in [-0.3, -0.25) is 0 Å². The lowest BCUT2D eigenvalue weighted by molar-refractivity contribution is 0.356. The molecule has 1 aromatic rings. The van der Waals surface area contributed by atoms with E-state index in [0.717, 1.165) is 24.2 Å². The lowest BCUT2D eigenvalue weighted by Crippen LogP contribution is -2.24. The van der Waals surface area contributed by atoms with Crippen molar-refractivity contribution in [1.82, 2.24) is 4.72 Å². The summed E-state index contributed by atoms with van der Waals surface area (Å²) >= 11 is 0. The van der Waals surface area contributed by atoms with Crippen molar-refractivity contribution < 1.29 is 13.2 Å². The molecule has 1 N–H and O–H groups in total. The highest BCUT2D eigenvalue weighted by Gasteiger charge is 2.18. The number of sulfonamides is 1. The number of nitrogens with one attached hydrogen (secondary N) is 1. The average Bonchev–Trinajstić information content (AvgIpc) is 2.73. The minimum atomic E-state index is -3.35. The van der Waals surface area contributed by atoms with Crippen LogP contribution >= 0.6 is 0 Å². The van der Waals surface area contributed by atoms with Crippen LogP contribution in [0.25, 0.3) is 0 Å². The molecule has 5 heteroatoms. The molecule has 0 fully saturated rings. The Morgan fingerprint density at radius 1 is 1.44 bits per heavy atom. The second-order valence-corrected chi connectivity index (χ2v) is 5.53. The van der Waals surface area contributed by atoms with Crippen LogP contribution in [-0.4, -0.2) is 21.6 Å². The summed E-state index contributed by atoms with van der Waals surface area (Å²) in [5.74, 6) is 0.800. The van der Waals surface area contributed by atoms with E-state index in [0.29, 0.717) is 18.0 Å². The zero-order valence-electron chi connectivity index (χ0n) is 9.19. The van der Waals surface area contributed by atoms with Crippen molar-refractivity contribution in [2.75, 3.05) is 13.2 Å². The van der Waals surface area contributed by atoms with Gasteiger partial charge in [-0.2, -0.15) is 0 Å². The van der Waals surface area contributed by atoms with Crippen molar-refractivity contribution >= 4 is 10.0 Å². The molecule has 0 atom stereocenters. The summed E-state index contributed by atoms with van der Waals surface area (Å²) in [4.78, 5) is 0.324. The van der Waals surface area contributed by atoms with E-state index in [1.165, 1.54) is 0 Å². The molecule has 0 aromatic heterocycles. The second-order valence-electron chi connectivity index (χ2n) is 3.77. The molecule has 0 bridgehead atoms. The van der Waals surface area contributed by atoms with Crippen molar-refractivity contribution in [3.8, 4) is 5.75 Å². The first-order chi connectivity index (χ1) is 7.63. The van der Waals surface area contributed by atoms with Crippen molar-refractivity contribution in [2.24, 2.45) is 0 Å². The Morgan fingerprint density at radius 3 is 3.00 bits per heavy atom.